The SMILES string of the molecule is CCOC(C)=O.OC[C@H]1O[C@@H]2O[C@H]3[C@H](O)[C@@H](O)[C@@H](O[C@H]4[C@H](O)[C@@H](O)[C@@H](O[C@H]5[C@H](O)[C@@H](O)[C@@H](O[C@H]6[C@H](O)[C@@H](O)[C@@H](O[C@H]7[C@H](O)[C@@H](O)[C@@H](O[C@H]1[C@H](O)[C@H]2O)O[C@@H]7CO)O[C@@H]6CO)O[C@@H]5CO)O[C@@H]4CO)O[C@@H]3CO. The van der Waals surface area contributed by atoms with E-state index >= 15 is 0 Å². The number of carbonyl (C=O) groups excluding carboxylic acids is 1. The minimum absolute atomic E-state index is 0.211. The number of aliphatic hydroxyl groups is 18. The molecule has 0 amide bonds. The van der Waals surface area contributed by atoms with Gasteiger partial charge in [0.1, 0.15) is 146 Å². The third-order valence-corrected chi connectivity index (χ3v) is 13.0. The van der Waals surface area contributed by atoms with Gasteiger partial charge in [0, 0.05) is 6.92 Å². The van der Waals surface area contributed by atoms with E-state index in [9.17, 15) is 96.7 Å². The van der Waals surface area contributed by atoms with E-state index in [2.05, 4.69) is 4.74 Å². The van der Waals surface area contributed by atoms with Crippen molar-refractivity contribution in [1.29, 1.82) is 0 Å². The van der Waals surface area contributed by atoms with Crippen LogP contribution < -0.4 is 0 Å². The normalized spacial score (nSPS) is 51.4. The Morgan fingerprint density at radius 2 is 0.458 bits per heavy atom. The van der Waals surface area contributed by atoms with Gasteiger partial charge in [0.25, 0.3) is 0 Å². The van der Waals surface area contributed by atoms with Gasteiger partial charge >= 0.3 is 5.97 Å². The van der Waals surface area contributed by atoms with Crippen molar-refractivity contribution in [3.8, 4) is 0 Å². The molecule has 22 aliphatic heterocycles. The predicted molar refractivity (Wildman–Crippen MR) is 218 cm³/mol. The van der Waals surface area contributed by atoms with E-state index in [4.69, 9.17) is 56.8 Å². The van der Waals surface area contributed by atoms with Crippen LogP contribution in [0.3, 0.4) is 0 Å². The fourth-order valence-corrected chi connectivity index (χ4v) is 9.13. The van der Waals surface area contributed by atoms with Crippen LogP contribution in [0.15, 0.2) is 0 Å². The molecule has 0 spiro atoms. The Morgan fingerprint density at radius 3 is 0.556 bits per heavy atom. The van der Waals surface area contributed by atoms with Gasteiger partial charge in [0.05, 0.1) is 46.2 Å². The summed E-state index contributed by atoms with van der Waals surface area (Å²) in [5.74, 6) is -0.211. The first-order valence-corrected chi connectivity index (χ1v) is 23.0. The number of hydrogen-bond acceptors (Lipinski definition) is 32. The van der Waals surface area contributed by atoms with E-state index in [-0.39, 0.29) is 5.97 Å². The van der Waals surface area contributed by atoms with Crippen LogP contribution in [-0.2, 0) is 66.4 Å². The Labute approximate surface area is 408 Å². The van der Waals surface area contributed by atoms with Gasteiger partial charge in [-0.2, -0.15) is 0 Å². The summed E-state index contributed by atoms with van der Waals surface area (Å²) in [6, 6.07) is 0. The molecule has 22 aliphatic rings. The van der Waals surface area contributed by atoms with Gasteiger partial charge < -0.3 is 153 Å². The van der Waals surface area contributed by atoms with E-state index in [1.165, 1.54) is 6.92 Å². The van der Waals surface area contributed by atoms with Gasteiger partial charge in [-0.15, -0.1) is 0 Å². The lowest BCUT2D eigenvalue weighted by Crippen LogP contribution is -2.69. The van der Waals surface area contributed by atoms with Crippen LogP contribution in [0.1, 0.15) is 13.8 Å². The minimum Gasteiger partial charge on any atom is -0.466 e. The lowest BCUT2D eigenvalue weighted by molar-refractivity contribution is -0.404. The Hall–Kier alpha value is -1.73. The summed E-state index contributed by atoms with van der Waals surface area (Å²) in [6.07, 6.45) is -58.5. The molecule has 0 unspecified atom stereocenters. The van der Waals surface area contributed by atoms with Crippen LogP contribution in [0.2, 0.25) is 0 Å². The Balaban J connectivity index is 0.00000133. The van der Waals surface area contributed by atoms with Gasteiger partial charge in [0.2, 0.25) is 0 Å². The molecule has 0 aliphatic carbocycles. The Bertz CT molecular complexity index is 1370. The van der Waals surface area contributed by atoms with Gasteiger partial charge in [-0.1, -0.05) is 0 Å². The predicted octanol–water partition coefficient (Wildman–Crippen LogP) is -12.5. The molecule has 0 aromatic heterocycles. The van der Waals surface area contributed by atoms with Crippen LogP contribution in [0.4, 0.5) is 0 Å². The van der Waals surface area contributed by atoms with Crippen molar-refractivity contribution in [2.24, 2.45) is 0 Å². The first-order chi connectivity index (χ1) is 34.2. The van der Waals surface area contributed by atoms with Crippen LogP contribution in [0, 0.1) is 0 Å². The van der Waals surface area contributed by atoms with Crippen LogP contribution >= 0.6 is 0 Å². The quantitative estimate of drug-likeness (QED) is 0.105. The molecule has 0 aromatic rings. The van der Waals surface area contributed by atoms with Gasteiger partial charge in [-0.25, -0.2) is 0 Å². The van der Waals surface area contributed by atoms with E-state index in [0.29, 0.717) is 6.61 Å². The van der Waals surface area contributed by atoms with Crippen molar-refractivity contribution in [3.05, 3.63) is 0 Å². The van der Waals surface area contributed by atoms with Crippen molar-refractivity contribution < 1.29 is 158 Å². The van der Waals surface area contributed by atoms with Crippen molar-refractivity contribution in [3.63, 3.8) is 0 Å². The van der Waals surface area contributed by atoms with Crippen LogP contribution in [-0.4, -0.2) is 328 Å². The maximum Gasteiger partial charge on any atom is 0.302 e. The van der Waals surface area contributed by atoms with E-state index in [1.807, 2.05) is 0 Å². The van der Waals surface area contributed by atoms with Gasteiger partial charge in [-0.05, 0) is 6.92 Å². The second kappa shape index (κ2) is 26.1. The highest BCUT2D eigenvalue weighted by Gasteiger charge is 2.58. The smallest absolute Gasteiger partial charge is 0.302 e. The number of rotatable bonds is 7. The Kier molecular flexibility index (Phi) is 21.6. The number of ether oxygens (including phenoxy) is 13. The summed E-state index contributed by atoms with van der Waals surface area (Å²) in [7, 11) is 0. The highest BCUT2D eigenvalue weighted by atomic mass is 16.8. The standard InChI is InChI=1S/C36H60O30.C4H8O2/c37-1-7-25-13(43)19(49)31(55-7)62-26-8(2-38)57-33(21(51)15(26)45)64-28-10(4-40)59-35(23(53)17(28)47)66-30-12(6-42)60-36(24(54)18(30)48)65-29-11(5-41)58-34(22(52)16(29)46)63-27-9(3-39)56-32(61-25)20(50)14(27)44;1-3-6-4(2)5/h7-54H,1-6H2;3H2,1-2H3/t7-,8-,9-,10-,11-,12-,13-,14-,15-,16-,17-,18-,19-,20-,21-,22-,23-,24-,25-,26-,27-,28-,29-,30-,31-,32-,33-,34-,35-,36-;/m1./s1. The molecule has 22 saturated heterocycles. The first-order valence-electron chi connectivity index (χ1n) is 23.0. The second-order valence-corrected chi connectivity index (χ2v) is 17.8. The topological polar surface area (TPSA) is 501 Å². The highest BCUT2D eigenvalue weighted by molar-refractivity contribution is 5.65. The molecule has 22 heterocycles. The molecule has 22 fully saturated rings. The molecule has 32 nitrogen and oxygen atoms in total. The number of hydrogen-bond donors (Lipinski definition) is 18. The minimum atomic E-state index is -2.15. The maximum atomic E-state index is 11.2. The number of esters is 1. The summed E-state index contributed by atoms with van der Waals surface area (Å²) in [4.78, 5) is 9.82. The lowest BCUT2D eigenvalue weighted by atomic mass is 9.94. The Morgan fingerprint density at radius 1 is 0.306 bits per heavy atom. The molecular formula is C40H68O32. The first kappa shape index (κ1) is 59.5. The highest BCUT2D eigenvalue weighted by Crippen LogP contribution is 2.38. The molecule has 22 rings (SSSR count). The van der Waals surface area contributed by atoms with E-state index in [1.54, 1.807) is 6.92 Å². The molecule has 0 radical (unpaired) electrons. The summed E-state index contributed by atoms with van der Waals surface area (Å²) in [5.41, 5.74) is 0. The zero-order valence-electron chi connectivity index (χ0n) is 38.5. The molecule has 18 N–H and O–H groups in total. The fourth-order valence-electron chi connectivity index (χ4n) is 9.13. The van der Waals surface area contributed by atoms with E-state index < -0.39 is 224 Å². The zero-order valence-corrected chi connectivity index (χ0v) is 38.5. The summed E-state index contributed by atoms with van der Waals surface area (Å²) < 4.78 is 72.3. The van der Waals surface area contributed by atoms with Crippen molar-refractivity contribution in [2.45, 2.75) is 198 Å². The molecule has 72 heavy (non-hydrogen) atoms. The molecule has 0 saturated carbocycles. The molecule has 32 heteroatoms. The summed E-state index contributed by atoms with van der Waals surface area (Å²) in [6.45, 7) is -2.34. The average molecular weight is 1060 g/mol. The summed E-state index contributed by atoms with van der Waals surface area (Å²) in [5, 5.41) is 196. The number of aliphatic hydroxyl groups excluding tert-OH is 18. The van der Waals surface area contributed by atoms with Gasteiger partial charge in [0.15, 0.2) is 37.7 Å². The average Bonchev–Trinajstić information content (AvgIpc) is 3.36. The monoisotopic (exact) mass is 1060 g/mol. The molecule has 12 bridgehead atoms. The number of carbonyl (C=O) groups is 1. The second-order valence-electron chi connectivity index (χ2n) is 17.8. The molecule has 30 atom stereocenters. The van der Waals surface area contributed by atoms with Crippen LogP contribution in [0.5, 0.6) is 0 Å². The van der Waals surface area contributed by atoms with Crippen molar-refractivity contribution >= 4 is 5.97 Å². The lowest BCUT2D eigenvalue weighted by Gasteiger charge is -2.50. The van der Waals surface area contributed by atoms with Crippen molar-refractivity contribution in [2.75, 3.05) is 46.2 Å². The third kappa shape index (κ3) is 12.5. The maximum absolute atomic E-state index is 11.2. The largest absolute Gasteiger partial charge is 0.466 e. The molecule has 0 aromatic carbocycles. The zero-order chi connectivity index (χ0) is 53.0. The summed E-state index contributed by atoms with van der Waals surface area (Å²) >= 11 is 0. The van der Waals surface area contributed by atoms with Gasteiger partial charge in [-0.3, -0.25) is 4.79 Å². The fraction of sp³-hybridized carbons (Fsp3) is 0.975. The van der Waals surface area contributed by atoms with E-state index in [0.717, 1.165) is 0 Å². The molecular weight excluding hydrogens is 992 g/mol. The third-order valence-electron chi connectivity index (χ3n) is 13.0. The van der Waals surface area contributed by atoms with Crippen LogP contribution in [0.25, 0.3) is 0 Å². The molecule has 420 valence electrons. The van der Waals surface area contributed by atoms with Crippen molar-refractivity contribution in [1.82, 2.24) is 0 Å².